The summed E-state index contributed by atoms with van der Waals surface area (Å²) in [6, 6.07) is 0.335. The number of alkyl halides is 1. The molecule has 0 aliphatic rings. The van der Waals surface area contributed by atoms with Crippen molar-refractivity contribution < 1.29 is 0 Å². The quantitative estimate of drug-likeness (QED) is 0.786. The summed E-state index contributed by atoms with van der Waals surface area (Å²) in [5, 5.41) is 6.38. The van der Waals surface area contributed by atoms with Crippen molar-refractivity contribution in [3.63, 3.8) is 0 Å². The first-order valence-electron chi connectivity index (χ1n) is 4.86. The van der Waals surface area contributed by atoms with Gasteiger partial charge in [-0.3, -0.25) is 0 Å². The van der Waals surface area contributed by atoms with Crippen LogP contribution in [0.3, 0.4) is 0 Å². The van der Waals surface area contributed by atoms with Crippen LogP contribution in [-0.4, -0.2) is 16.9 Å². The lowest BCUT2D eigenvalue weighted by Gasteiger charge is -2.17. The van der Waals surface area contributed by atoms with Crippen LogP contribution in [0, 0.1) is 12.8 Å². The summed E-state index contributed by atoms with van der Waals surface area (Å²) in [6.45, 7) is 6.41. The van der Waals surface area contributed by atoms with E-state index in [0.717, 1.165) is 17.2 Å². The maximum atomic E-state index is 5.88. The molecule has 14 heavy (non-hydrogen) atoms. The third-order valence-electron chi connectivity index (χ3n) is 1.89. The summed E-state index contributed by atoms with van der Waals surface area (Å²) in [5.41, 5.74) is 1.07. The van der Waals surface area contributed by atoms with Gasteiger partial charge < -0.3 is 5.32 Å². The van der Waals surface area contributed by atoms with E-state index in [1.165, 1.54) is 0 Å². The first kappa shape index (κ1) is 11.8. The van der Waals surface area contributed by atoms with E-state index in [4.69, 9.17) is 11.6 Å². The van der Waals surface area contributed by atoms with Crippen LogP contribution < -0.4 is 5.32 Å². The van der Waals surface area contributed by atoms with Crippen molar-refractivity contribution in [3.8, 4) is 0 Å². The Morgan fingerprint density at radius 3 is 2.71 bits per heavy atom. The smallest absolute Gasteiger partial charge is 0.183 e. The number of nitrogens with zero attached hydrogens (tertiary/aromatic N) is 1. The number of thiazole rings is 1. The predicted octanol–water partition coefficient (Wildman–Crippen LogP) is 3.52. The number of anilines is 1. The SMILES string of the molecule is Cc1csc(NC(CCl)CC(C)C)n1. The summed E-state index contributed by atoms with van der Waals surface area (Å²) in [7, 11) is 0. The molecule has 2 nitrogen and oxygen atoms in total. The molecule has 0 radical (unpaired) electrons. The summed E-state index contributed by atoms with van der Waals surface area (Å²) in [5.74, 6) is 1.30. The van der Waals surface area contributed by atoms with Gasteiger partial charge in [-0.25, -0.2) is 4.98 Å². The molecule has 0 aliphatic heterocycles. The van der Waals surface area contributed by atoms with E-state index in [1.54, 1.807) is 11.3 Å². The van der Waals surface area contributed by atoms with Gasteiger partial charge in [0.2, 0.25) is 0 Å². The lowest BCUT2D eigenvalue weighted by Crippen LogP contribution is -2.23. The molecular weight excluding hydrogens is 216 g/mol. The van der Waals surface area contributed by atoms with Crippen molar-refractivity contribution in [2.45, 2.75) is 33.2 Å². The third kappa shape index (κ3) is 3.84. The zero-order valence-electron chi connectivity index (χ0n) is 8.88. The molecule has 4 heteroatoms. The zero-order valence-corrected chi connectivity index (χ0v) is 10.5. The van der Waals surface area contributed by atoms with Gasteiger partial charge in [0.05, 0.1) is 5.69 Å². The highest BCUT2D eigenvalue weighted by Gasteiger charge is 2.10. The molecule has 1 N–H and O–H groups in total. The highest BCUT2D eigenvalue weighted by molar-refractivity contribution is 7.13. The van der Waals surface area contributed by atoms with Crippen molar-refractivity contribution in [2.75, 3.05) is 11.2 Å². The fourth-order valence-corrected chi connectivity index (χ4v) is 2.29. The van der Waals surface area contributed by atoms with Gasteiger partial charge in [-0.05, 0) is 19.3 Å². The number of rotatable bonds is 5. The predicted molar refractivity (Wildman–Crippen MR) is 64.4 cm³/mol. The van der Waals surface area contributed by atoms with Crippen molar-refractivity contribution in [3.05, 3.63) is 11.1 Å². The van der Waals surface area contributed by atoms with E-state index in [-0.39, 0.29) is 0 Å². The minimum atomic E-state index is 0.335. The highest BCUT2D eigenvalue weighted by atomic mass is 35.5. The standard InChI is InChI=1S/C10H17ClN2S/c1-7(2)4-9(5-11)13-10-12-8(3)6-14-10/h6-7,9H,4-5H2,1-3H3,(H,12,13). The summed E-state index contributed by atoms with van der Waals surface area (Å²) >= 11 is 7.52. The van der Waals surface area contributed by atoms with E-state index >= 15 is 0 Å². The molecule has 0 amide bonds. The normalized spacial score (nSPS) is 13.2. The average molecular weight is 233 g/mol. The van der Waals surface area contributed by atoms with Crippen molar-refractivity contribution in [1.29, 1.82) is 0 Å². The molecule has 80 valence electrons. The molecule has 0 aliphatic carbocycles. The number of nitrogens with one attached hydrogen (secondary N) is 1. The maximum absolute atomic E-state index is 5.88. The van der Waals surface area contributed by atoms with Crippen LogP contribution in [0.4, 0.5) is 5.13 Å². The van der Waals surface area contributed by atoms with E-state index in [9.17, 15) is 0 Å². The Bertz CT molecular complexity index is 273. The molecule has 1 atom stereocenters. The minimum absolute atomic E-state index is 0.335. The molecule has 1 aromatic rings. The summed E-state index contributed by atoms with van der Waals surface area (Å²) in [4.78, 5) is 4.35. The van der Waals surface area contributed by atoms with E-state index in [2.05, 4.69) is 24.1 Å². The van der Waals surface area contributed by atoms with E-state index in [0.29, 0.717) is 17.8 Å². The van der Waals surface area contributed by atoms with Gasteiger partial charge in [-0.15, -0.1) is 22.9 Å². The van der Waals surface area contributed by atoms with Crippen LogP contribution >= 0.6 is 22.9 Å². The topological polar surface area (TPSA) is 24.9 Å². The number of halogens is 1. The Balaban J connectivity index is 2.48. The number of aryl methyl sites for hydroxylation is 1. The Hall–Kier alpha value is -0.280. The van der Waals surface area contributed by atoms with Gasteiger partial charge in [-0.2, -0.15) is 0 Å². The van der Waals surface area contributed by atoms with Gasteiger partial charge in [0.1, 0.15) is 0 Å². The van der Waals surface area contributed by atoms with E-state index < -0.39 is 0 Å². The van der Waals surface area contributed by atoms with Gasteiger partial charge in [0, 0.05) is 17.3 Å². The fourth-order valence-electron chi connectivity index (χ4n) is 1.32. The van der Waals surface area contributed by atoms with Crippen LogP contribution in [0.2, 0.25) is 0 Å². The first-order chi connectivity index (χ1) is 6.61. The molecule has 0 fully saturated rings. The van der Waals surface area contributed by atoms with Crippen LogP contribution in [0.5, 0.6) is 0 Å². The summed E-state index contributed by atoms with van der Waals surface area (Å²) < 4.78 is 0. The zero-order chi connectivity index (χ0) is 10.6. The second-order valence-electron chi connectivity index (χ2n) is 3.92. The van der Waals surface area contributed by atoms with E-state index in [1.807, 2.05) is 12.3 Å². The van der Waals surface area contributed by atoms with Gasteiger partial charge in [-0.1, -0.05) is 13.8 Å². The lowest BCUT2D eigenvalue weighted by molar-refractivity contribution is 0.542. The monoisotopic (exact) mass is 232 g/mol. The second-order valence-corrected chi connectivity index (χ2v) is 5.09. The Labute approximate surface area is 94.7 Å². The van der Waals surface area contributed by atoms with Crippen molar-refractivity contribution >= 4 is 28.1 Å². The molecule has 0 bridgehead atoms. The molecule has 1 rings (SSSR count). The molecule has 0 saturated carbocycles. The largest absolute Gasteiger partial charge is 0.358 e. The van der Waals surface area contributed by atoms with Crippen LogP contribution in [0.25, 0.3) is 0 Å². The second kappa shape index (κ2) is 5.56. The van der Waals surface area contributed by atoms with Gasteiger partial charge >= 0.3 is 0 Å². The lowest BCUT2D eigenvalue weighted by atomic mass is 10.1. The molecule has 0 spiro atoms. The molecule has 0 saturated heterocycles. The molecular formula is C10H17ClN2S. The molecule has 1 heterocycles. The van der Waals surface area contributed by atoms with Crippen molar-refractivity contribution in [1.82, 2.24) is 4.98 Å². The Kier molecular flexibility index (Phi) is 4.69. The van der Waals surface area contributed by atoms with Gasteiger partial charge in [0.15, 0.2) is 5.13 Å². The highest BCUT2D eigenvalue weighted by Crippen LogP contribution is 2.18. The number of hydrogen-bond donors (Lipinski definition) is 1. The third-order valence-corrected chi connectivity index (χ3v) is 3.15. The van der Waals surface area contributed by atoms with Crippen LogP contribution in [0.1, 0.15) is 26.0 Å². The Morgan fingerprint density at radius 1 is 1.57 bits per heavy atom. The first-order valence-corrected chi connectivity index (χ1v) is 6.28. The number of hydrogen-bond acceptors (Lipinski definition) is 3. The van der Waals surface area contributed by atoms with Crippen LogP contribution in [-0.2, 0) is 0 Å². The molecule has 1 aromatic heterocycles. The van der Waals surface area contributed by atoms with Gasteiger partial charge in [0.25, 0.3) is 0 Å². The van der Waals surface area contributed by atoms with Crippen LogP contribution in [0.15, 0.2) is 5.38 Å². The number of aromatic nitrogens is 1. The summed E-state index contributed by atoms with van der Waals surface area (Å²) in [6.07, 6.45) is 1.09. The molecule has 0 aromatic carbocycles. The average Bonchev–Trinajstić information content (AvgIpc) is 2.49. The fraction of sp³-hybridized carbons (Fsp3) is 0.700. The maximum Gasteiger partial charge on any atom is 0.183 e. The Morgan fingerprint density at radius 2 is 2.29 bits per heavy atom. The molecule has 1 unspecified atom stereocenters. The van der Waals surface area contributed by atoms with Crippen molar-refractivity contribution in [2.24, 2.45) is 5.92 Å². The minimum Gasteiger partial charge on any atom is -0.358 e.